The van der Waals surface area contributed by atoms with Crippen LogP contribution in [0, 0.1) is 0 Å². The van der Waals surface area contributed by atoms with E-state index in [2.05, 4.69) is 10.4 Å². The predicted molar refractivity (Wildman–Crippen MR) is 51.4 cm³/mol. The van der Waals surface area contributed by atoms with E-state index in [-0.39, 0.29) is 6.10 Å². The molecular formula is C9H15N3O2. The molecule has 0 bridgehead atoms. The van der Waals surface area contributed by atoms with Crippen LogP contribution >= 0.6 is 0 Å². The van der Waals surface area contributed by atoms with E-state index in [1.54, 1.807) is 13.3 Å². The molecule has 0 radical (unpaired) electrons. The lowest BCUT2D eigenvalue weighted by Crippen LogP contribution is -2.40. The Morgan fingerprint density at radius 3 is 3.36 bits per heavy atom. The molecule has 1 fully saturated rings. The zero-order chi connectivity index (χ0) is 9.80. The molecule has 1 aliphatic heterocycles. The first-order valence-corrected chi connectivity index (χ1v) is 4.77. The van der Waals surface area contributed by atoms with E-state index in [1.165, 1.54) is 0 Å². The molecule has 1 aliphatic rings. The van der Waals surface area contributed by atoms with Crippen LogP contribution in [0.4, 0.5) is 0 Å². The molecule has 0 spiro atoms. The summed E-state index contributed by atoms with van der Waals surface area (Å²) in [5.41, 5.74) is 0. The predicted octanol–water partition coefficient (Wildman–Crippen LogP) is -0.120. The van der Waals surface area contributed by atoms with E-state index in [0.717, 1.165) is 32.0 Å². The maximum Gasteiger partial charge on any atom is 0.156 e. The molecule has 5 nitrogen and oxygen atoms in total. The van der Waals surface area contributed by atoms with Crippen molar-refractivity contribution in [2.45, 2.75) is 12.6 Å². The van der Waals surface area contributed by atoms with Gasteiger partial charge in [-0.1, -0.05) is 0 Å². The molecule has 14 heavy (non-hydrogen) atoms. The number of nitrogens with one attached hydrogen (secondary N) is 1. The van der Waals surface area contributed by atoms with Crippen molar-refractivity contribution in [2.75, 3.05) is 26.8 Å². The fourth-order valence-corrected chi connectivity index (χ4v) is 1.50. The van der Waals surface area contributed by atoms with Gasteiger partial charge in [0.1, 0.15) is 0 Å². The molecular weight excluding hydrogens is 182 g/mol. The number of aromatic nitrogens is 2. The van der Waals surface area contributed by atoms with Crippen molar-refractivity contribution < 1.29 is 9.47 Å². The van der Waals surface area contributed by atoms with Crippen LogP contribution in [-0.2, 0) is 11.3 Å². The normalized spacial score (nSPS) is 22.2. The Bertz CT molecular complexity index is 281. The number of nitrogens with zero attached hydrogens (tertiary/aromatic N) is 2. The second kappa shape index (κ2) is 4.43. The fraction of sp³-hybridized carbons (Fsp3) is 0.667. The molecule has 0 amide bonds. The second-order valence-electron chi connectivity index (χ2n) is 3.30. The summed E-state index contributed by atoms with van der Waals surface area (Å²) in [7, 11) is 1.64. The zero-order valence-corrected chi connectivity index (χ0v) is 8.27. The van der Waals surface area contributed by atoms with Gasteiger partial charge < -0.3 is 14.8 Å². The minimum Gasteiger partial charge on any atom is -0.493 e. The van der Waals surface area contributed by atoms with Gasteiger partial charge in [-0.05, 0) is 0 Å². The summed E-state index contributed by atoms with van der Waals surface area (Å²) in [6, 6.07) is 0. The van der Waals surface area contributed by atoms with Crippen LogP contribution in [0.2, 0.25) is 0 Å². The lowest BCUT2D eigenvalue weighted by Gasteiger charge is -2.23. The van der Waals surface area contributed by atoms with Gasteiger partial charge in [-0.15, -0.1) is 0 Å². The van der Waals surface area contributed by atoms with E-state index >= 15 is 0 Å². The van der Waals surface area contributed by atoms with Crippen molar-refractivity contribution >= 4 is 0 Å². The minimum absolute atomic E-state index is 0.216. The number of ether oxygens (including phenoxy) is 2. The third kappa shape index (κ3) is 2.24. The number of hydrogen-bond acceptors (Lipinski definition) is 4. The summed E-state index contributed by atoms with van der Waals surface area (Å²) < 4.78 is 12.4. The van der Waals surface area contributed by atoms with Crippen molar-refractivity contribution in [1.29, 1.82) is 0 Å². The molecule has 0 aliphatic carbocycles. The first kappa shape index (κ1) is 9.48. The molecule has 0 aromatic carbocycles. The maximum absolute atomic E-state index is 5.56. The second-order valence-corrected chi connectivity index (χ2v) is 3.30. The average molecular weight is 197 g/mol. The highest BCUT2D eigenvalue weighted by Crippen LogP contribution is 2.08. The van der Waals surface area contributed by atoms with Crippen LogP contribution in [0.3, 0.4) is 0 Å². The highest BCUT2D eigenvalue weighted by Gasteiger charge is 2.14. The van der Waals surface area contributed by atoms with E-state index in [0.29, 0.717) is 0 Å². The molecule has 0 saturated carbocycles. The third-order valence-electron chi connectivity index (χ3n) is 2.24. The fourth-order valence-electron chi connectivity index (χ4n) is 1.50. The Hall–Kier alpha value is -1.07. The van der Waals surface area contributed by atoms with Gasteiger partial charge in [0, 0.05) is 13.1 Å². The highest BCUT2D eigenvalue weighted by atomic mass is 16.5. The van der Waals surface area contributed by atoms with Gasteiger partial charge in [-0.2, -0.15) is 5.10 Å². The van der Waals surface area contributed by atoms with E-state index in [1.807, 2.05) is 10.9 Å². The van der Waals surface area contributed by atoms with Gasteiger partial charge in [0.05, 0.1) is 38.8 Å². The molecule has 1 aromatic heterocycles. The van der Waals surface area contributed by atoms with Gasteiger partial charge in [0.2, 0.25) is 0 Å². The number of rotatable bonds is 3. The standard InChI is InChI=1S/C9H15N3O2/c1-13-8-5-11-12(6-8)7-9-4-10-2-3-14-9/h5-6,9-10H,2-4,7H2,1H3. The van der Waals surface area contributed by atoms with Gasteiger partial charge in [-0.25, -0.2) is 0 Å². The number of morpholine rings is 1. The van der Waals surface area contributed by atoms with Crippen molar-refractivity contribution in [3.05, 3.63) is 12.4 Å². The molecule has 1 saturated heterocycles. The number of hydrogen-bond donors (Lipinski definition) is 1. The average Bonchev–Trinajstić information content (AvgIpc) is 2.67. The summed E-state index contributed by atoms with van der Waals surface area (Å²) in [5, 5.41) is 7.44. The van der Waals surface area contributed by atoms with Crippen LogP contribution in [-0.4, -0.2) is 42.7 Å². The van der Waals surface area contributed by atoms with Gasteiger partial charge >= 0.3 is 0 Å². The van der Waals surface area contributed by atoms with Gasteiger partial charge in [0.25, 0.3) is 0 Å². The molecule has 1 unspecified atom stereocenters. The SMILES string of the molecule is COc1cnn(CC2CNCCO2)c1. The molecule has 1 aromatic rings. The monoisotopic (exact) mass is 197 g/mol. The lowest BCUT2D eigenvalue weighted by molar-refractivity contribution is 0.0161. The summed E-state index contributed by atoms with van der Waals surface area (Å²) in [4.78, 5) is 0. The van der Waals surface area contributed by atoms with Crippen molar-refractivity contribution in [2.24, 2.45) is 0 Å². The van der Waals surface area contributed by atoms with E-state index in [4.69, 9.17) is 9.47 Å². The minimum atomic E-state index is 0.216. The van der Waals surface area contributed by atoms with Gasteiger partial charge in [0.15, 0.2) is 5.75 Å². The Labute approximate surface area is 83.0 Å². The van der Waals surface area contributed by atoms with Crippen LogP contribution in [0.1, 0.15) is 0 Å². The van der Waals surface area contributed by atoms with Crippen LogP contribution in [0.15, 0.2) is 12.4 Å². The van der Waals surface area contributed by atoms with E-state index < -0.39 is 0 Å². The molecule has 1 N–H and O–H groups in total. The smallest absolute Gasteiger partial charge is 0.156 e. The highest BCUT2D eigenvalue weighted by molar-refractivity contribution is 5.11. The molecule has 2 heterocycles. The Morgan fingerprint density at radius 1 is 1.79 bits per heavy atom. The molecule has 2 rings (SSSR count). The van der Waals surface area contributed by atoms with Crippen LogP contribution in [0.5, 0.6) is 5.75 Å². The lowest BCUT2D eigenvalue weighted by atomic mass is 10.3. The Kier molecular flexibility index (Phi) is 3.00. The summed E-state index contributed by atoms with van der Waals surface area (Å²) >= 11 is 0. The molecule has 5 heteroatoms. The van der Waals surface area contributed by atoms with Crippen molar-refractivity contribution in [3.63, 3.8) is 0 Å². The summed E-state index contributed by atoms with van der Waals surface area (Å²) in [6.07, 6.45) is 3.79. The van der Waals surface area contributed by atoms with E-state index in [9.17, 15) is 0 Å². The Balaban J connectivity index is 1.89. The van der Waals surface area contributed by atoms with Crippen LogP contribution < -0.4 is 10.1 Å². The van der Waals surface area contributed by atoms with Crippen molar-refractivity contribution in [3.8, 4) is 5.75 Å². The topological polar surface area (TPSA) is 48.3 Å². The molecule has 78 valence electrons. The Morgan fingerprint density at radius 2 is 2.71 bits per heavy atom. The first-order chi connectivity index (χ1) is 6.88. The summed E-state index contributed by atoms with van der Waals surface area (Å²) in [5.74, 6) is 0.786. The van der Waals surface area contributed by atoms with Crippen LogP contribution in [0.25, 0.3) is 0 Å². The maximum atomic E-state index is 5.56. The molecule has 1 atom stereocenters. The first-order valence-electron chi connectivity index (χ1n) is 4.77. The summed E-state index contributed by atoms with van der Waals surface area (Å²) in [6.45, 7) is 3.39. The van der Waals surface area contributed by atoms with Gasteiger partial charge in [-0.3, -0.25) is 4.68 Å². The zero-order valence-electron chi connectivity index (χ0n) is 8.27. The quantitative estimate of drug-likeness (QED) is 0.734. The largest absolute Gasteiger partial charge is 0.493 e. The number of methoxy groups -OCH3 is 1. The van der Waals surface area contributed by atoms with Crippen molar-refractivity contribution in [1.82, 2.24) is 15.1 Å². The third-order valence-corrected chi connectivity index (χ3v) is 2.24.